The van der Waals surface area contributed by atoms with Crippen molar-refractivity contribution >= 4 is 41.3 Å². The van der Waals surface area contributed by atoms with Crippen molar-refractivity contribution < 1.29 is 19.1 Å². The largest absolute Gasteiger partial charge is 0.497 e. The van der Waals surface area contributed by atoms with Gasteiger partial charge in [0.2, 0.25) is 0 Å². The quantitative estimate of drug-likeness (QED) is 0.252. The fourth-order valence-corrected chi connectivity index (χ4v) is 2.96. The van der Waals surface area contributed by atoms with E-state index in [-0.39, 0.29) is 16.5 Å². The molecule has 0 aliphatic carbocycles. The minimum Gasteiger partial charge on any atom is -0.497 e. The number of benzene rings is 3. The van der Waals surface area contributed by atoms with Crippen molar-refractivity contribution in [1.82, 2.24) is 5.43 Å². The maximum absolute atomic E-state index is 12.3. The average Bonchev–Trinajstić information content (AvgIpc) is 2.74. The number of carbonyl (C=O) groups is 2. The van der Waals surface area contributed by atoms with Crippen LogP contribution >= 0.6 is 23.2 Å². The van der Waals surface area contributed by atoms with Crippen molar-refractivity contribution in [2.45, 2.75) is 0 Å². The van der Waals surface area contributed by atoms with Gasteiger partial charge in [-0.3, -0.25) is 4.79 Å². The lowest BCUT2D eigenvalue weighted by molar-refractivity contribution is 0.0734. The van der Waals surface area contributed by atoms with Gasteiger partial charge in [0, 0.05) is 10.6 Å². The van der Waals surface area contributed by atoms with Crippen LogP contribution in [0.25, 0.3) is 0 Å². The molecule has 3 aromatic carbocycles. The topological polar surface area (TPSA) is 77.0 Å². The van der Waals surface area contributed by atoms with Gasteiger partial charge in [-0.1, -0.05) is 41.4 Å². The van der Waals surface area contributed by atoms with Crippen LogP contribution in [0.3, 0.4) is 0 Å². The number of hydrogen-bond acceptors (Lipinski definition) is 5. The standard InChI is InChI=1S/C22H16Cl2N2O4/c1-29-17-6-3-5-15(11-17)21(27)26-25-13-14-4-2-7-18(10-14)30-22(28)19-9-8-16(23)12-20(19)24/h2-13H,1H3,(H,26,27). The van der Waals surface area contributed by atoms with E-state index in [2.05, 4.69) is 10.5 Å². The highest BCUT2D eigenvalue weighted by molar-refractivity contribution is 6.36. The number of ether oxygens (including phenoxy) is 2. The van der Waals surface area contributed by atoms with E-state index in [1.807, 2.05) is 0 Å². The van der Waals surface area contributed by atoms with Crippen LogP contribution in [0.15, 0.2) is 71.8 Å². The number of nitrogens with zero attached hydrogens (tertiary/aromatic N) is 1. The van der Waals surface area contributed by atoms with Crippen LogP contribution in [-0.2, 0) is 0 Å². The number of hydrazone groups is 1. The van der Waals surface area contributed by atoms with Crippen LogP contribution in [0, 0.1) is 0 Å². The van der Waals surface area contributed by atoms with Crippen molar-refractivity contribution in [3.05, 3.63) is 93.5 Å². The van der Waals surface area contributed by atoms with Gasteiger partial charge in [0.15, 0.2) is 0 Å². The molecule has 0 saturated heterocycles. The highest BCUT2D eigenvalue weighted by Gasteiger charge is 2.13. The molecule has 0 aliphatic rings. The Morgan fingerprint density at radius 3 is 2.50 bits per heavy atom. The number of carbonyl (C=O) groups excluding carboxylic acids is 2. The molecule has 0 heterocycles. The first kappa shape index (κ1) is 21.4. The van der Waals surface area contributed by atoms with Crippen molar-refractivity contribution in [2.75, 3.05) is 7.11 Å². The average molecular weight is 443 g/mol. The first-order valence-electron chi connectivity index (χ1n) is 8.71. The smallest absolute Gasteiger partial charge is 0.345 e. The molecule has 0 unspecified atom stereocenters. The third kappa shape index (κ3) is 5.59. The molecular formula is C22H16Cl2N2O4. The first-order valence-corrected chi connectivity index (χ1v) is 9.46. The number of hydrogen-bond donors (Lipinski definition) is 1. The van der Waals surface area contributed by atoms with Crippen molar-refractivity contribution in [3.63, 3.8) is 0 Å². The zero-order valence-corrected chi connectivity index (χ0v) is 17.3. The van der Waals surface area contributed by atoms with E-state index >= 15 is 0 Å². The summed E-state index contributed by atoms with van der Waals surface area (Å²) in [5, 5.41) is 4.56. The van der Waals surface area contributed by atoms with E-state index in [9.17, 15) is 9.59 Å². The zero-order valence-electron chi connectivity index (χ0n) is 15.8. The third-order valence-corrected chi connectivity index (χ3v) is 4.48. The number of nitrogens with one attached hydrogen (secondary N) is 1. The Kier molecular flexibility index (Phi) is 7.06. The summed E-state index contributed by atoms with van der Waals surface area (Å²) in [6.07, 6.45) is 1.44. The Morgan fingerprint density at radius 1 is 0.967 bits per heavy atom. The summed E-state index contributed by atoms with van der Waals surface area (Å²) in [7, 11) is 1.52. The summed E-state index contributed by atoms with van der Waals surface area (Å²) in [6, 6.07) is 17.9. The van der Waals surface area contributed by atoms with E-state index in [1.165, 1.54) is 25.5 Å². The van der Waals surface area contributed by atoms with Crippen molar-refractivity contribution in [1.29, 1.82) is 0 Å². The van der Waals surface area contributed by atoms with Crippen LogP contribution in [-0.4, -0.2) is 25.2 Å². The number of methoxy groups -OCH3 is 1. The molecule has 0 radical (unpaired) electrons. The SMILES string of the molecule is COc1cccc(C(=O)NN=Cc2cccc(OC(=O)c3ccc(Cl)cc3Cl)c2)c1. The molecule has 0 bridgehead atoms. The molecule has 8 heteroatoms. The monoisotopic (exact) mass is 442 g/mol. The molecule has 30 heavy (non-hydrogen) atoms. The maximum atomic E-state index is 12.3. The maximum Gasteiger partial charge on any atom is 0.345 e. The Bertz CT molecular complexity index is 1120. The molecule has 0 fully saturated rings. The van der Waals surface area contributed by atoms with Crippen LogP contribution in [0.5, 0.6) is 11.5 Å². The molecule has 0 aromatic heterocycles. The van der Waals surface area contributed by atoms with Crippen molar-refractivity contribution in [2.24, 2.45) is 5.10 Å². The minimum absolute atomic E-state index is 0.200. The van der Waals surface area contributed by atoms with Crippen LogP contribution in [0.4, 0.5) is 0 Å². The molecule has 0 aliphatic heterocycles. The number of halogens is 2. The molecule has 1 amide bonds. The highest BCUT2D eigenvalue weighted by atomic mass is 35.5. The Morgan fingerprint density at radius 2 is 1.73 bits per heavy atom. The van der Waals surface area contributed by atoms with Crippen molar-refractivity contribution in [3.8, 4) is 11.5 Å². The van der Waals surface area contributed by atoms with Gasteiger partial charge < -0.3 is 9.47 Å². The summed E-state index contributed by atoms with van der Waals surface area (Å²) in [6.45, 7) is 0. The molecule has 3 rings (SSSR count). The Balaban J connectivity index is 1.64. The fourth-order valence-electron chi connectivity index (χ4n) is 2.47. The summed E-state index contributed by atoms with van der Waals surface area (Å²) < 4.78 is 10.4. The second-order valence-electron chi connectivity index (χ2n) is 6.02. The molecule has 1 N–H and O–H groups in total. The third-order valence-electron chi connectivity index (χ3n) is 3.93. The lowest BCUT2D eigenvalue weighted by atomic mass is 10.2. The predicted octanol–water partition coefficient (Wildman–Crippen LogP) is 4.99. The molecule has 6 nitrogen and oxygen atoms in total. The lowest BCUT2D eigenvalue weighted by Gasteiger charge is -2.07. The van der Waals surface area contributed by atoms with Gasteiger partial charge in [-0.25, -0.2) is 10.2 Å². The van der Waals surface area contributed by atoms with Crippen LogP contribution in [0.1, 0.15) is 26.3 Å². The Labute approximate surface area is 183 Å². The number of esters is 1. The second-order valence-corrected chi connectivity index (χ2v) is 6.86. The summed E-state index contributed by atoms with van der Waals surface area (Å²) >= 11 is 11.9. The molecule has 0 spiro atoms. The first-order chi connectivity index (χ1) is 14.5. The number of amides is 1. The van der Waals surface area contributed by atoms with Gasteiger partial charge in [0.1, 0.15) is 11.5 Å². The highest BCUT2D eigenvalue weighted by Crippen LogP contribution is 2.23. The lowest BCUT2D eigenvalue weighted by Crippen LogP contribution is -2.17. The minimum atomic E-state index is -0.614. The summed E-state index contributed by atoms with van der Waals surface area (Å²) in [5.74, 6) is -0.127. The van der Waals surface area contributed by atoms with E-state index in [4.69, 9.17) is 32.7 Å². The zero-order chi connectivity index (χ0) is 21.5. The van der Waals surface area contributed by atoms with Crippen LogP contribution in [0.2, 0.25) is 10.0 Å². The normalized spacial score (nSPS) is 10.6. The number of rotatable bonds is 6. The molecule has 0 saturated carbocycles. The van der Waals surface area contributed by atoms with Gasteiger partial charge in [-0.05, 0) is 54.1 Å². The summed E-state index contributed by atoms with van der Waals surface area (Å²) in [4.78, 5) is 24.5. The molecule has 152 valence electrons. The van der Waals surface area contributed by atoms with Gasteiger partial charge in [-0.15, -0.1) is 0 Å². The Hall–Kier alpha value is -3.35. The molecular weight excluding hydrogens is 427 g/mol. The van der Waals surface area contributed by atoms with E-state index in [1.54, 1.807) is 54.6 Å². The van der Waals surface area contributed by atoms with Crippen LogP contribution < -0.4 is 14.9 Å². The predicted molar refractivity (Wildman–Crippen MR) is 116 cm³/mol. The fraction of sp³-hybridized carbons (Fsp3) is 0.0455. The second kappa shape index (κ2) is 9.91. The van der Waals surface area contributed by atoms with Gasteiger partial charge in [-0.2, -0.15) is 5.10 Å². The van der Waals surface area contributed by atoms with Gasteiger partial charge in [0.25, 0.3) is 5.91 Å². The van der Waals surface area contributed by atoms with Gasteiger partial charge >= 0.3 is 5.97 Å². The molecule has 3 aromatic rings. The molecule has 0 atom stereocenters. The van der Waals surface area contributed by atoms with E-state index < -0.39 is 5.97 Å². The summed E-state index contributed by atoms with van der Waals surface area (Å²) in [5.41, 5.74) is 3.66. The van der Waals surface area contributed by atoms with E-state index in [0.29, 0.717) is 27.6 Å². The van der Waals surface area contributed by atoms with E-state index in [0.717, 1.165) is 0 Å². The van der Waals surface area contributed by atoms with Gasteiger partial charge in [0.05, 0.1) is 23.9 Å².